The number of fused-ring (bicyclic) bond motifs is 1. The number of anilines is 3. The van der Waals surface area contributed by atoms with Crippen LogP contribution in [0.1, 0.15) is 31.8 Å². The first-order chi connectivity index (χ1) is 19.9. The van der Waals surface area contributed by atoms with Crippen LogP contribution in [0.4, 0.5) is 21.6 Å². The second-order valence-corrected chi connectivity index (χ2v) is 10.3. The number of hydrogen-bond acceptors (Lipinski definition) is 5. The molecule has 2 amide bonds. The highest BCUT2D eigenvalue weighted by Crippen LogP contribution is 2.28. The maximum absolute atomic E-state index is 13.7. The van der Waals surface area contributed by atoms with Gasteiger partial charge in [0.2, 0.25) is 0 Å². The molecule has 1 fully saturated rings. The second-order valence-electron chi connectivity index (χ2n) is 10.3. The van der Waals surface area contributed by atoms with E-state index < -0.39 is 5.91 Å². The monoisotopic (exact) mass is 551 g/mol. The Morgan fingerprint density at radius 2 is 1.76 bits per heavy atom. The van der Waals surface area contributed by atoms with Crippen molar-refractivity contribution in [2.75, 3.05) is 48.8 Å². The third kappa shape index (κ3) is 5.82. The number of halogens is 1. The molecule has 41 heavy (non-hydrogen) atoms. The Labute approximate surface area is 236 Å². The molecule has 1 aliphatic heterocycles. The van der Waals surface area contributed by atoms with E-state index in [1.165, 1.54) is 12.1 Å². The van der Waals surface area contributed by atoms with Crippen molar-refractivity contribution < 1.29 is 14.0 Å². The molecule has 1 saturated heterocycles. The zero-order valence-electron chi connectivity index (χ0n) is 22.6. The molecule has 6 rings (SSSR count). The SMILES string of the molecule is CN1CCN(c2ccc(C(=O)Nc3n[nH]c4ccc(Cc5cccc(F)c5)cc34)c(NC(=O)c3cc[nH]c3)c2)CC1. The van der Waals surface area contributed by atoms with Crippen LogP contribution in [0.3, 0.4) is 0 Å². The van der Waals surface area contributed by atoms with Crippen molar-refractivity contribution in [2.24, 2.45) is 0 Å². The average molecular weight is 552 g/mol. The molecule has 208 valence electrons. The molecule has 10 heteroatoms. The normalized spacial score (nSPS) is 13.9. The summed E-state index contributed by atoms with van der Waals surface area (Å²) in [5.41, 5.74) is 4.69. The number of nitrogens with zero attached hydrogens (tertiary/aromatic N) is 3. The molecule has 3 heterocycles. The van der Waals surface area contributed by atoms with Crippen molar-refractivity contribution >= 4 is 39.9 Å². The number of amides is 2. The largest absolute Gasteiger partial charge is 0.369 e. The number of carbonyl (C=O) groups is 2. The lowest BCUT2D eigenvalue weighted by Crippen LogP contribution is -2.44. The first-order valence-corrected chi connectivity index (χ1v) is 13.5. The minimum Gasteiger partial charge on any atom is -0.369 e. The number of nitrogens with one attached hydrogen (secondary N) is 4. The molecule has 3 aromatic carbocycles. The molecule has 0 bridgehead atoms. The Bertz CT molecular complexity index is 1710. The molecule has 2 aromatic heterocycles. The summed E-state index contributed by atoms with van der Waals surface area (Å²) in [7, 11) is 2.09. The molecular weight excluding hydrogens is 521 g/mol. The number of aromatic amines is 2. The Hall–Kier alpha value is -4.96. The van der Waals surface area contributed by atoms with E-state index in [0.29, 0.717) is 29.1 Å². The lowest BCUT2D eigenvalue weighted by Gasteiger charge is -2.34. The highest BCUT2D eigenvalue weighted by molar-refractivity contribution is 6.14. The van der Waals surface area contributed by atoms with E-state index in [1.54, 1.807) is 30.6 Å². The summed E-state index contributed by atoms with van der Waals surface area (Å²) >= 11 is 0. The molecule has 5 aromatic rings. The van der Waals surface area contributed by atoms with Gasteiger partial charge in [-0.05, 0) is 73.1 Å². The Morgan fingerprint density at radius 3 is 2.54 bits per heavy atom. The van der Waals surface area contributed by atoms with Crippen molar-refractivity contribution in [3.8, 4) is 0 Å². The number of carbonyl (C=O) groups excluding carboxylic acids is 2. The molecule has 0 spiro atoms. The van der Waals surface area contributed by atoms with Crippen molar-refractivity contribution in [1.29, 1.82) is 0 Å². The molecule has 1 aliphatic rings. The smallest absolute Gasteiger partial charge is 0.258 e. The van der Waals surface area contributed by atoms with Gasteiger partial charge in [0.15, 0.2) is 5.82 Å². The van der Waals surface area contributed by atoms with E-state index >= 15 is 0 Å². The van der Waals surface area contributed by atoms with Gasteiger partial charge in [-0.3, -0.25) is 14.7 Å². The molecule has 0 radical (unpaired) electrons. The lowest BCUT2D eigenvalue weighted by molar-refractivity contribution is 0.102. The topological polar surface area (TPSA) is 109 Å². The molecule has 4 N–H and O–H groups in total. The molecule has 0 unspecified atom stereocenters. The fourth-order valence-electron chi connectivity index (χ4n) is 5.08. The van der Waals surface area contributed by atoms with Gasteiger partial charge in [0.25, 0.3) is 11.8 Å². The van der Waals surface area contributed by atoms with E-state index in [4.69, 9.17) is 0 Å². The number of hydrogen-bond donors (Lipinski definition) is 4. The summed E-state index contributed by atoms with van der Waals surface area (Å²) in [5.74, 6) is -0.624. The quantitative estimate of drug-likeness (QED) is 0.231. The van der Waals surface area contributed by atoms with Crippen LogP contribution >= 0.6 is 0 Å². The summed E-state index contributed by atoms with van der Waals surface area (Å²) in [6.07, 6.45) is 3.82. The van der Waals surface area contributed by atoms with E-state index in [9.17, 15) is 14.0 Å². The Morgan fingerprint density at radius 1 is 0.927 bits per heavy atom. The maximum Gasteiger partial charge on any atom is 0.258 e. The fourth-order valence-corrected chi connectivity index (χ4v) is 5.08. The van der Waals surface area contributed by atoms with Crippen LogP contribution in [0.5, 0.6) is 0 Å². The van der Waals surface area contributed by atoms with Crippen molar-refractivity contribution in [3.05, 3.63) is 107 Å². The molecule has 0 aliphatic carbocycles. The molecule has 0 saturated carbocycles. The van der Waals surface area contributed by atoms with E-state index in [-0.39, 0.29) is 11.7 Å². The highest BCUT2D eigenvalue weighted by atomic mass is 19.1. The van der Waals surface area contributed by atoms with Gasteiger partial charge in [-0.1, -0.05) is 18.2 Å². The Balaban J connectivity index is 1.28. The van der Waals surface area contributed by atoms with Crippen LogP contribution in [0.15, 0.2) is 79.1 Å². The number of piperazine rings is 1. The predicted octanol–water partition coefficient (Wildman–Crippen LogP) is 4.88. The van der Waals surface area contributed by atoms with Gasteiger partial charge in [-0.15, -0.1) is 0 Å². The second kappa shape index (κ2) is 11.3. The predicted molar refractivity (Wildman–Crippen MR) is 158 cm³/mol. The standard InChI is InChI=1S/C31H30FN7O2/c1-38-11-13-39(14-12-38)24-6-7-25(28(18-24)34-30(40)22-9-10-33-19-22)31(41)35-29-26-17-21(5-8-27(26)36-37-29)15-20-3-2-4-23(32)16-20/h2-10,16-19,33H,11-15H2,1H3,(H,34,40)(H2,35,36,37,41). The summed E-state index contributed by atoms with van der Waals surface area (Å²) < 4.78 is 13.7. The van der Waals surface area contributed by atoms with E-state index in [1.807, 2.05) is 36.4 Å². The molecule has 0 atom stereocenters. The van der Waals surface area contributed by atoms with E-state index in [0.717, 1.165) is 53.9 Å². The molecular formula is C31H30FN7O2. The summed E-state index contributed by atoms with van der Waals surface area (Å²) in [4.78, 5) is 34.0. The maximum atomic E-state index is 13.7. The first kappa shape index (κ1) is 26.3. The molecule has 9 nitrogen and oxygen atoms in total. The third-order valence-corrected chi connectivity index (χ3v) is 7.38. The van der Waals surface area contributed by atoms with Gasteiger partial charge in [0.05, 0.1) is 22.3 Å². The van der Waals surface area contributed by atoms with Crippen LogP contribution in [0, 0.1) is 5.82 Å². The zero-order valence-corrected chi connectivity index (χ0v) is 22.6. The average Bonchev–Trinajstić information content (AvgIpc) is 3.64. The summed E-state index contributed by atoms with van der Waals surface area (Å²) in [5, 5.41) is 13.9. The van der Waals surface area contributed by atoms with Crippen LogP contribution < -0.4 is 15.5 Å². The number of benzene rings is 3. The fraction of sp³-hybridized carbons (Fsp3) is 0.194. The van der Waals surface area contributed by atoms with Crippen LogP contribution in [0.2, 0.25) is 0 Å². The number of H-pyrrole nitrogens is 2. The summed E-state index contributed by atoms with van der Waals surface area (Å²) in [6.45, 7) is 3.57. The van der Waals surface area contributed by atoms with E-state index in [2.05, 4.69) is 42.7 Å². The number of aromatic nitrogens is 3. The van der Waals surface area contributed by atoms with Gasteiger partial charge in [0, 0.05) is 49.6 Å². The summed E-state index contributed by atoms with van der Waals surface area (Å²) in [6, 6.07) is 19.4. The minimum absolute atomic E-state index is 0.280. The van der Waals surface area contributed by atoms with Gasteiger partial charge < -0.3 is 25.4 Å². The Kier molecular flexibility index (Phi) is 7.22. The van der Waals surface area contributed by atoms with Gasteiger partial charge in [-0.2, -0.15) is 5.10 Å². The zero-order chi connectivity index (χ0) is 28.3. The van der Waals surface area contributed by atoms with Gasteiger partial charge in [0.1, 0.15) is 5.82 Å². The lowest BCUT2D eigenvalue weighted by atomic mass is 10.0. The minimum atomic E-state index is -0.400. The highest BCUT2D eigenvalue weighted by Gasteiger charge is 2.21. The van der Waals surface area contributed by atoms with Crippen LogP contribution in [0.25, 0.3) is 10.9 Å². The third-order valence-electron chi connectivity index (χ3n) is 7.38. The number of likely N-dealkylation sites (N-methyl/N-ethyl adjacent to an activating group) is 1. The van der Waals surface area contributed by atoms with Crippen molar-refractivity contribution in [3.63, 3.8) is 0 Å². The first-order valence-electron chi connectivity index (χ1n) is 13.5. The van der Waals surface area contributed by atoms with Gasteiger partial charge in [-0.25, -0.2) is 4.39 Å². The number of rotatable bonds is 7. The van der Waals surface area contributed by atoms with Crippen molar-refractivity contribution in [2.45, 2.75) is 6.42 Å². The van der Waals surface area contributed by atoms with Crippen molar-refractivity contribution in [1.82, 2.24) is 20.1 Å². The van der Waals surface area contributed by atoms with Gasteiger partial charge >= 0.3 is 0 Å². The van der Waals surface area contributed by atoms with Crippen LogP contribution in [-0.2, 0) is 6.42 Å². The van der Waals surface area contributed by atoms with Crippen LogP contribution in [-0.4, -0.2) is 65.1 Å².